The second-order valence-corrected chi connectivity index (χ2v) is 10.5. The monoisotopic (exact) mass is 464 g/mol. The smallest absolute Gasteiger partial charge is 0.339 e. The Hall–Kier alpha value is -2.50. The topological polar surface area (TPSA) is 121 Å². The summed E-state index contributed by atoms with van der Waals surface area (Å²) in [6.45, 7) is 5.59. The summed E-state index contributed by atoms with van der Waals surface area (Å²) in [5, 5.41) is -0.371. The van der Waals surface area contributed by atoms with Gasteiger partial charge in [-0.3, -0.25) is 9.59 Å². The molecule has 0 bridgehead atoms. The average Bonchev–Trinajstić information content (AvgIpc) is 2.73. The zero-order chi connectivity index (χ0) is 22.8. The number of Topliss-reactive ketones (excluding diaryl/α,β-unsaturated/α-hetero) is 1. The fourth-order valence-corrected chi connectivity index (χ4v) is 6.00. The number of nitrogens with one attached hydrogen (secondary N) is 1. The molecule has 3 rings (SSSR count). The lowest BCUT2D eigenvalue weighted by atomic mass is 10.2. The number of rotatable bonds is 6. The molecule has 2 heterocycles. The van der Waals surface area contributed by atoms with Crippen molar-refractivity contribution in [3.8, 4) is 0 Å². The van der Waals surface area contributed by atoms with Crippen molar-refractivity contribution in [3.05, 3.63) is 52.1 Å². The van der Waals surface area contributed by atoms with E-state index in [9.17, 15) is 22.8 Å². The first-order chi connectivity index (χ1) is 14.6. The van der Waals surface area contributed by atoms with E-state index in [-0.39, 0.29) is 47.8 Å². The van der Waals surface area contributed by atoms with Gasteiger partial charge in [-0.05, 0) is 32.9 Å². The lowest BCUT2D eigenvalue weighted by Crippen LogP contribution is -2.52. The number of aryl methyl sites for hydroxylation is 1. The van der Waals surface area contributed by atoms with Gasteiger partial charge >= 0.3 is 5.69 Å². The predicted molar refractivity (Wildman–Crippen MR) is 117 cm³/mol. The minimum Gasteiger partial charge on any atom is -0.339 e. The number of carbonyl (C=O) groups is 2. The molecule has 0 aliphatic carbocycles. The van der Waals surface area contributed by atoms with E-state index < -0.39 is 21.0 Å². The Morgan fingerprint density at radius 3 is 2.32 bits per heavy atom. The normalized spacial score (nSPS) is 16.2. The van der Waals surface area contributed by atoms with E-state index >= 15 is 0 Å². The molecule has 0 radical (unpaired) electrons. The fourth-order valence-electron chi connectivity index (χ4n) is 3.42. The van der Waals surface area contributed by atoms with Crippen LogP contribution in [-0.4, -0.2) is 70.7 Å². The SMILES string of the molecule is CC(=O)c1c(SC(C)C(=O)N2CCN(S(=O)(=O)c3ccccc3)CC2)nc(=O)[nH]c1C. The standard InChI is InChI=1S/C20H24N4O5S2/c1-13-17(14(2)25)18(22-20(27)21-13)30-15(3)19(26)23-9-11-24(12-10-23)31(28,29)16-7-5-4-6-8-16/h4-8,15H,9-12H2,1-3H3,(H,21,22,27). The summed E-state index contributed by atoms with van der Waals surface area (Å²) in [7, 11) is -3.60. The van der Waals surface area contributed by atoms with Crippen molar-refractivity contribution in [1.29, 1.82) is 0 Å². The number of aromatic amines is 1. The van der Waals surface area contributed by atoms with Crippen molar-refractivity contribution in [3.63, 3.8) is 0 Å². The van der Waals surface area contributed by atoms with Gasteiger partial charge in [0.25, 0.3) is 0 Å². The maximum atomic E-state index is 12.9. The second kappa shape index (κ2) is 9.33. The van der Waals surface area contributed by atoms with Crippen LogP contribution < -0.4 is 5.69 Å². The molecule has 1 aliphatic heterocycles. The van der Waals surface area contributed by atoms with Crippen LogP contribution in [0.25, 0.3) is 0 Å². The highest BCUT2D eigenvalue weighted by Gasteiger charge is 2.32. The number of carbonyl (C=O) groups excluding carboxylic acids is 2. The van der Waals surface area contributed by atoms with Crippen LogP contribution in [-0.2, 0) is 14.8 Å². The maximum Gasteiger partial charge on any atom is 0.346 e. The number of hydrogen-bond donors (Lipinski definition) is 1. The third-order valence-electron chi connectivity index (χ3n) is 5.01. The van der Waals surface area contributed by atoms with Gasteiger partial charge in [-0.2, -0.15) is 9.29 Å². The summed E-state index contributed by atoms with van der Waals surface area (Å²) in [6, 6.07) is 8.20. The summed E-state index contributed by atoms with van der Waals surface area (Å²) >= 11 is 1.06. The third kappa shape index (κ3) is 5.05. The van der Waals surface area contributed by atoms with Crippen molar-refractivity contribution in [2.24, 2.45) is 0 Å². The first kappa shape index (κ1) is 23.2. The summed E-state index contributed by atoms with van der Waals surface area (Å²) in [6.07, 6.45) is 0. The Kier molecular flexibility index (Phi) is 6.97. The molecular weight excluding hydrogens is 440 g/mol. The number of nitrogens with zero attached hydrogens (tertiary/aromatic N) is 3. The largest absolute Gasteiger partial charge is 0.346 e. The van der Waals surface area contributed by atoms with Gasteiger partial charge in [-0.25, -0.2) is 13.2 Å². The predicted octanol–water partition coefficient (Wildman–Crippen LogP) is 1.29. The Morgan fingerprint density at radius 2 is 1.74 bits per heavy atom. The van der Waals surface area contributed by atoms with Crippen LogP contribution in [0.2, 0.25) is 0 Å². The van der Waals surface area contributed by atoms with Crippen molar-refractivity contribution in [2.75, 3.05) is 26.2 Å². The first-order valence-electron chi connectivity index (χ1n) is 9.73. The molecule has 1 fully saturated rings. The molecule has 31 heavy (non-hydrogen) atoms. The molecule has 1 aromatic carbocycles. The zero-order valence-corrected chi connectivity index (χ0v) is 19.1. The van der Waals surface area contributed by atoms with Crippen LogP contribution in [0, 0.1) is 6.92 Å². The van der Waals surface area contributed by atoms with E-state index in [1.54, 1.807) is 49.1 Å². The molecule has 9 nitrogen and oxygen atoms in total. The summed E-state index contributed by atoms with van der Waals surface area (Å²) in [5.41, 5.74) is 0.127. The molecule has 1 amide bonds. The molecule has 2 aromatic rings. The number of sulfonamides is 1. The van der Waals surface area contributed by atoms with Crippen LogP contribution in [0.15, 0.2) is 45.0 Å². The molecule has 1 atom stereocenters. The molecule has 0 spiro atoms. The number of ketones is 1. The van der Waals surface area contributed by atoms with Gasteiger partial charge in [-0.1, -0.05) is 30.0 Å². The Morgan fingerprint density at radius 1 is 1.13 bits per heavy atom. The van der Waals surface area contributed by atoms with Gasteiger partial charge < -0.3 is 9.88 Å². The maximum absolute atomic E-state index is 12.9. The van der Waals surface area contributed by atoms with Crippen molar-refractivity contribution in [2.45, 2.75) is 35.9 Å². The van der Waals surface area contributed by atoms with Crippen molar-refractivity contribution >= 4 is 33.5 Å². The molecule has 1 N–H and O–H groups in total. The molecule has 11 heteroatoms. The average molecular weight is 465 g/mol. The Bertz CT molecular complexity index is 1140. The van der Waals surface area contributed by atoms with Gasteiger partial charge in [0.2, 0.25) is 15.9 Å². The van der Waals surface area contributed by atoms with Crippen LogP contribution >= 0.6 is 11.8 Å². The number of hydrogen-bond acceptors (Lipinski definition) is 7. The molecule has 166 valence electrons. The lowest BCUT2D eigenvalue weighted by Gasteiger charge is -2.35. The minimum absolute atomic E-state index is 0.196. The number of piperazine rings is 1. The van der Waals surface area contributed by atoms with Crippen LogP contribution in [0.5, 0.6) is 0 Å². The van der Waals surface area contributed by atoms with Crippen LogP contribution in [0.1, 0.15) is 29.9 Å². The van der Waals surface area contributed by atoms with E-state index in [0.29, 0.717) is 11.3 Å². The summed E-state index contributed by atoms with van der Waals surface area (Å²) < 4.78 is 26.9. The van der Waals surface area contributed by atoms with Crippen molar-refractivity contribution < 1.29 is 18.0 Å². The van der Waals surface area contributed by atoms with E-state index in [0.717, 1.165) is 11.8 Å². The highest BCUT2D eigenvalue weighted by Crippen LogP contribution is 2.27. The highest BCUT2D eigenvalue weighted by atomic mass is 32.2. The van der Waals surface area contributed by atoms with E-state index in [2.05, 4.69) is 9.97 Å². The molecule has 1 aromatic heterocycles. The summed E-state index contributed by atoms with van der Waals surface area (Å²) in [5.74, 6) is -0.445. The van der Waals surface area contributed by atoms with E-state index in [1.165, 1.54) is 11.2 Å². The third-order valence-corrected chi connectivity index (χ3v) is 7.99. The quantitative estimate of drug-likeness (QED) is 0.388. The van der Waals surface area contributed by atoms with Crippen LogP contribution in [0.3, 0.4) is 0 Å². The number of benzene rings is 1. The van der Waals surface area contributed by atoms with Gasteiger partial charge in [0.15, 0.2) is 5.78 Å². The molecule has 0 saturated carbocycles. The fraction of sp³-hybridized carbons (Fsp3) is 0.400. The van der Waals surface area contributed by atoms with Gasteiger partial charge in [0.05, 0.1) is 15.7 Å². The number of amides is 1. The van der Waals surface area contributed by atoms with E-state index in [1.807, 2.05) is 0 Å². The van der Waals surface area contributed by atoms with Gasteiger partial charge in [0, 0.05) is 31.9 Å². The molecule has 1 aliphatic rings. The molecule has 1 unspecified atom stereocenters. The van der Waals surface area contributed by atoms with Crippen molar-refractivity contribution in [1.82, 2.24) is 19.2 Å². The number of aromatic nitrogens is 2. The first-order valence-corrected chi connectivity index (χ1v) is 12.1. The lowest BCUT2D eigenvalue weighted by molar-refractivity contribution is -0.131. The van der Waals surface area contributed by atoms with Gasteiger partial charge in [-0.15, -0.1) is 0 Å². The van der Waals surface area contributed by atoms with Gasteiger partial charge in [0.1, 0.15) is 5.03 Å². The number of thioether (sulfide) groups is 1. The minimum atomic E-state index is -3.60. The van der Waals surface area contributed by atoms with Crippen LogP contribution in [0.4, 0.5) is 0 Å². The highest BCUT2D eigenvalue weighted by molar-refractivity contribution is 8.00. The number of H-pyrrole nitrogens is 1. The molecule has 1 saturated heterocycles. The Balaban J connectivity index is 1.68. The second-order valence-electron chi connectivity index (χ2n) is 7.21. The van der Waals surface area contributed by atoms with E-state index in [4.69, 9.17) is 0 Å². The zero-order valence-electron chi connectivity index (χ0n) is 17.5. The summed E-state index contributed by atoms with van der Waals surface area (Å²) in [4.78, 5) is 44.8. The molecular formula is C20H24N4O5S2. The Labute approximate surface area is 184 Å².